The fourth-order valence-corrected chi connectivity index (χ4v) is 3.07. The average Bonchev–Trinajstić information content (AvgIpc) is 2.36. The van der Waals surface area contributed by atoms with Crippen LogP contribution >= 0.6 is 23.2 Å². The van der Waals surface area contributed by atoms with Crippen molar-refractivity contribution in [2.24, 2.45) is 0 Å². The van der Waals surface area contributed by atoms with Crippen LogP contribution in [-0.4, -0.2) is 23.5 Å². The summed E-state index contributed by atoms with van der Waals surface area (Å²) in [6, 6.07) is 5.72. The van der Waals surface area contributed by atoms with Crippen LogP contribution in [0.15, 0.2) is 12.1 Å². The molecular formula is C14H11Cl2N3. The van der Waals surface area contributed by atoms with E-state index in [1.807, 2.05) is 7.05 Å². The van der Waals surface area contributed by atoms with Crippen LogP contribution in [0.3, 0.4) is 0 Å². The Morgan fingerprint density at radius 1 is 1.37 bits per heavy atom. The largest absolute Gasteiger partial charge is 0.302 e. The molecule has 3 rings (SSSR count). The van der Waals surface area contributed by atoms with Gasteiger partial charge in [0, 0.05) is 41.2 Å². The van der Waals surface area contributed by atoms with Crippen molar-refractivity contribution in [2.75, 3.05) is 13.6 Å². The minimum atomic E-state index is 0.501. The van der Waals surface area contributed by atoms with Gasteiger partial charge in [0.05, 0.1) is 16.1 Å². The number of rotatable bonds is 0. The minimum absolute atomic E-state index is 0.501. The highest BCUT2D eigenvalue weighted by Gasteiger charge is 2.21. The highest BCUT2D eigenvalue weighted by atomic mass is 35.5. The highest BCUT2D eigenvalue weighted by molar-refractivity contribution is 6.38. The summed E-state index contributed by atoms with van der Waals surface area (Å²) in [5.74, 6) is 0. The molecule has 0 N–H and O–H groups in total. The van der Waals surface area contributed by atoms with Crippen molar-refractivity contribution in [1.82, 2.24) is 9.88 Å². The Kier molecular flexibility index (Phi) is 3.10. The molecule has 1 aliphatic heterocycles. The molecule has 0 bridgehead atoms. The second-order valence-corrected chi connectivity index (χ2v) is 5.64. The molecule has 2 aromatic rings. The third kappa shape index (κ3) is 2.06. The third-order valence-electron chi connectivity index (χ3n) is 3.46. The van der Waals surface area contributed by atoms with Crippen molar-refractivity contribution in [3.8, 4) is 6.07 Å². The second kappa shape index (κ2) is 4.64. The molecule has 0 aliphatic carbocycles. The van der Waals surface area contributed by atoms with Gasteiger partial charge in [-0.1, -0.05) is 23.2 Å². The normalized spacial score (nSPS) is 15.3. The van der Waals surface area contributed by atoms with Gasteiger partial charge in [-0.2, -0.15) is 5.26 Å². The minimum Gasteiger partial charge on any atom is -0.302 e. The number of nitrogens with zero attached hydrogens (tertiary/aromatic N) is 3. The lowest BCUT2D eigenvalue weighted by molar-refractivity contribution is 0.310. The summed E-state index contributed by atoms with van der Waals surface area (Å²) in [6.07, 6.45) is 0.843. The molecule has 19 heavy (non-hydrogen) atoms. The van der Waals surface area contributed by atoms with Crippen LogP contribution < -0.4 is 0 Å². The fraction of sp³-hybridized carbons (Fsp3) is 0.286. The molecule has 1 aromatic heterocycles. The van der Waals surface area contributed by atoms with Crippen molar-refractivity contribution in [3.05, 3.63) is 39.0 Å². The molecule has 0 unspecified atom stereocenters. The van der Waals surface area contributed by atoms with Gasteiger partial charge in [-0.3, -0.25) is 4.98 Å². The number of aromatic nitrogens is 1. The summed E-state index contributed by atoms with van der Waals surface area (Å²) >= 11 is 12.2. The van der Waals surface area contributed by atoms with Crippen molar-refractivity contribution in [1.29, 1.82) is 5.26 Å². The highest BCUT2D eigenvalue weighted by Crippen LogP contribution is 2.33. The molecule has 2 heterocycles. The zero-order valence-electron chi connectivity index (χ0n) is 10.4. The van der Waals surface area contributed by atoms with Gasteiger partial charge in [0.25, 0.3) is 0 Å². The van der Waals surface area contributed by atoms with Crippen LogP contribution in [0.25, 0.3) is 10.9 Å². The molecule has 96 valence electrons. The summed E-state index contributed by atoms with van der Waals surface area (Å²) < 4.78 is 0. The predicted molar refractivity (Wildman–Crippen MR) is 76.5 cm³/mol. The van der Waals surface area contributed by atoms with Gasteiger partial charge < -0.3 is 4.90 Å². The predicted octanol–water partition coefficient (Wildman–Crippen LogP) is 3.40. The average molecular weight is 292 g/mol. The Bertz CT molecular complexity index is 719. The van der Waals surface area contributed by atoms with Gasteiger partial charge in [-0.15, -0.1) is 0 Å². The molecule has 0 radical (unpaired) electrons. The maximum atomic E-state index is 9.48. The first-order valence-corrected chi connectivity index (χ1v) is 6.75. The molecule has 0 atom stereocenters. The number of benzene rings is 1. The molecule has 0 saturated carbocycles. The van der Waals surface area contributed by atoms with Gasteiger partial charge in [0.15, 0.2) is 0 Å². The monoisotopic (exact) mass is 291 g/mol. The SMILES string of the molecule is CN1CCc2nc3c(Cl)cc(Cl)cc3c(C#N)c2C1. The Morgan fingerprint density at radius 3 is 2.89 bits per heavy atom. The fourth-order valence-electron chi connectivity index (χ4n) is 2.53. The van der Waals surface area contributed by atoms with E-state index in [1.165, 1.54) is 0 Å². The molecule has 0 spiro atoms. The number of fused-ring (bicyclic) bond motifs is 2. The van der Waals surface area contributed by atoms with Crippen LogP contribution in [-0.2, 0) is 13.0 Å². The maximum absolute atomic E-state index is 9.48. The Morgan fingerprint density at radius 2 is 2.16 bits per heavy atom. The van der Waals surface area contributed by atoms with Gasteiger partial charge in [0.2, 0.25) is 0 Å². The Balaban J connectivity index is 2.40. The van der Waals surface area contributed by atoms with E-state index in [0.29, 0.717) is 21.1 Å². The van der Waals surface area contributed by atoms with Gasteiger partial charge in [0.1, 0.15) is 6.07 Å². The van der Waals surface area contributed by atoms with E-state index >= 15 is 0 Å². The van der Waals surface area contributed by atoms with Gasteiger partial charge in [-0.25, -0.2) is 0 Å². The van der Waals surface area contributed by atoms with E-state index < -0.39 is 0 Å². The van der Waals surface area contributed by atoms with Crippen molar-refractivity contribution >= 4 is 34.1 Å². The first kappa shape index (κ1) is 12.7. The van der Waals surface area contributed by atoms with Crippen LogP contribution in [0, 0.1) is 11.3 Å². The van der Waals surface area contributed by atoms with E-state index in [1.54, 1.807) is 12.1 Å². The van der Waals surface area contributed by atoms with E-state index in [9.17, 15) is 5.26 Å². The van der Waals surface area contributed by atoms with E-state index in [-0.39, 0.29) is 0 Å². The summed E-state index contributed by atoms with van der Waals surface area (Å²) in [4.78, 5) is 6.81. The summed E-state index contributed by atoms with van der Waals surface area (Å²) in [7, 11) is 2.04. The molecule has 5 heteroatoms. The van der Waals surface area contributed by atoms with E-state index in [0.717, 1.165) is 36.2 Å². The first-order chi connectivity index (χ1) is 9.10. The first-order valence-electron chi connectivity index (χ1n) is 5.99. The van der Waals surface area contributed by atoms with Crippen molar-refractivity contribution in [3.63, 3.8) is 0 Å². The maximum Gasteiger partial charge on any atom is 0.100 e. The van der Waals surface area contributed by atoms with Gasteiger partial charge in [-0.05, 0) is 19.2 Å². The Labute approximate surface area is 121 Å². The lowest BCUT2D eigenvalue weighted by atomic mass is 9.97. The summed E-state index contributed by atoms with van der Waals surface area (Å²) in [5.41, 5.74) is 3.30. The van der Waals surface area contributed by atoms with Gasteiger partial charge >= 0.3 is 0 Å². The molecule has 0 amide bonds. The van der Waals surface area contributed by atoms with Crippen molar-refractivity contribution < 1.29 is 0 Å². The van der Waals surface area contributed by atoms with E-state index in [4.69, 9.17) is 23.2 Å². The van der Waals surface area contributed by atoms with Crippen LogP contribution in [0.1, 0.15) is 16.8 Å². The number of hydrogen-bond donors (Lipinski definition) is 0. The molecule has 3 nitrogen and oxygen atoms in total. The van der Waals surface area contributed by atoms with Crippen LogP contribution in [0.4, 0.5) is 0 Å². The smallest absolute Gasteiger partial charge is 0.100 e. The second-order valence-electron chi connectivity index (χ2n) is 4.80. The molecule has 0 saturated heterocycles. The lowest BCUT2D eigenvalue weighted by Crippen LogP contribution is -2.28. The molecule has 0 fully saturated rings. The number of nitriles is 1. The third-order valence-corrected chi connectivity index (χ3v) is 3.97. The van der Waals surface area contributed by atoms with Crippen molar-refractivity contribution in [2.45, 2.75) is 13.0 Å². The number of likely N-dealkylation sites (N-methyl/N-ethyl adjacent to an activating group) is 1. The number of pyridine rings is 1. The number of halogens is 2. The molecule has 1 aliphatic rings. The lowest BCUT2D eigenvalue weighted by Gasteiger charge is -2.25. The Hall–Kier alpha value is -1.34. The molecular weight excluding hydrogens is 281 g/mol. The quantitative estimate of drug-likeness (QED) is 0.747. The van der Waals surface area contributed by atoms with E-state index in [2.05, 4.69) is 16.0 Å². The summed E-state index contributed by atoms with van der Waals surface area (Å²) in [6.45, 7) is 1.69. The standard InChI is InChI=1S/C14H11Cl2N3/c1-19-3-2-13-11(7-19)10(6-17)9-4-8(15)5-12(16)14(9)18-13/h4-5H,2-3,7H2,1H3. The number of hydrogen-bond acceptors (Lipinski definition) is 3. The zero-order valence-corrected chi connectivity index (χ0v) is 11.9. The zero-order chi connectivity index (χ0) is 13.6. The van der Waals surface area contributed by atoms with Crippen LogP contribution in [0.5, 0.6) is 0 Å². The van der Waals surface area contributed by atoms with Crippen LogP contribution in [0.2, 0.25) is 10.0 Å². The topological polar surface area (TPSA) is 39.9 Å². The molecule has 1 aromatic carbocycles. The summed E-state index contributed by atoms with van der Waals surface area (Å²) in [5, 5.41) is 11.3.